The number of para-hydroxylation sites is 1. The van der Waals surface area contributed by atoms with Crippen molar-refractivity contribution in [3.8, 4) is 0 Å². The standard InChI is InChI=1S/C20H23N5O2/c1-4-11-23-18-16(19(26)24(12-5-2)20(23)27)25-15(6-3)21-14-10-8-7-9-13(14)17(25)22-18/h7-10H,4-6,11-12H2,1-3H3. The van der Waals surface area contributed by atoms with Gasteiger partial charge in [0.05, 0.1) is 5.52 Å². The van der Waals surface area contributed by atoms with Gasteiger partial charge in [-0.15, -0.1) is 0 Å². The predicted molar refractivity (Wildman–Crippen MR) is 106 cm³/mol. The van der Waals surface area contributed by atoms with Gasteiger partial charge < -0.3 is 0 Å². The minimum atomic E-state index is -0.288. The van der Waals surface area contributed by atoms with E-state index in [1.165, 1.54) is 4.57 Å². The molecule has 1 aromatic carbocycles. The average Bonchev–Trinajstić information content (AvgIpc) is 3.08. The van der Waals surface area contributed by atoms with Crippen LogP contribution in [-0.4, -0.2) is 23.5 Å². The van der Waals surface area contributed by atoms with Crippen molar-refractivity contribution in [2.24, 2.45) is 0 Å². The third-order valence-electron chi connectivity index (χ3n) is 4.89. The van der Waals surface area contributed by atoms with E-state index in [-0.39, 0.29) is 11.2 Å². The van der Waals surface area contributed by atoms with Crippen molar-refractivity contribution < 1.29 is 0 Å². The molecule has 27 heavy (non-hydrogen) atoms. The number of hydrogen-bond donors (Lipinski definition) is 0. The molecule has 0 aliphatic rings. The number of aromatic nitrogens is 5. The summed E-state index contributed by atoms with van der Waals surface area (Å²) in [5, 5.41) is 0.878. The lowest BCUT2D eigenvalue weighted by molar-refractivity contribution is 0.555. The van der Waals surface area contributed by atoms with Gasteiger partial charge >= 0.3 is 5.69 Å². The first-order valence-electron chi connectivity index (χ1n) is 9.55. The Hall–Kier alpha value is -2.96. The van der Waals surface area contributed by atoms with Crippen LogP contribution in [0.1, 0.15) is 39.4 Å². The fourth-order valence-corrected chi connectivity index (χ4v) is 3.70. The van der Waals surface area contributed by atoms with E-state index in [2.05, 4.69) is 0 Å². The van der Waals surface area contributed by atoms with Crippen molar-refractivity contribution in [3.05, 3.63) is 50.9 Å². The zero-order valence-corrected chi connectivity index (χ0v) is 15.9. The summed E-state index contributed by atoms with van der Waals surface area (Å²) < 4.78 is 4.81. The highest BCUT2D eigenvalue weighted by Crippen LogP contribution is 2.23. The summed E-state index contributed by atoms with van der Waals surface area (Å²) in [7, 11) is 0. The van der Waals surface area contributed by atoms with Gasteiger partial charge in [-0.25, -0.2) is 14.8 Å². The van der Waals surface area contributed by atoms with Gasteiger partial charge in [0.15, 0.2) is 16.8 Å². The average molecular weight is 365 g/mol. The summed E-state index contributed by atoms with van der Waals surface area (Å²) in [5.74, 6) is 0.771. The molecule has 0 saturated carbocycles. The molecule has 0 radical (unpaired) electrons. The Morgan fingerprint density at radius 2 is 1.59 bits per heavy atom. The number of nitrogens with zero attached hydrogens (tertiary/aromatic N) is 5. The van der Waals surface area contributed by atoms with Crippen LogP contribution >= 0.6 is 0 Å². The third-order valence-corrected chi connectivity index (χ3v) is 4.89. The molecule has 4 rings (SSSR count). The first-order chi connectivity index (χ1) is 13.1. The maximum atomic E-state index is 13.2. The molecule has 0 unspecified atom stereocenters. The Balaban J connectivity index is 2.31. The molecular weight excluding hydrogens is 342 g/mol. The summed E-state index contributed by atoms with van der Waals surface area (Å²) in [6, 6.07) is 7.77. The van der Waals surface area contributed by atoms with E-state index >= 15 is 0 Å². The van der Waals surface area contributed by atoms with Gasteiger partial charge in [0, 0.05) is 24.9 Å². The molecule has 4 aromatic rings. The largest absolute Gasteiger partial charge is 0.332 e. The van der Waals surface area contributed by atoms with Gasteiger partial charge in [-0.3, -0.25) is 18.3 Å². The van der Waals surface area contributed by atoms with Crippen LogP contribution in [0.2, 0.25) is 0 Å². The Morgan fingerprint density at radius 1 is 0.889 bits per heavy atom. The molecule has 0 spiro atoms. The van der Waals surface area contributed by atoms with Crippen LogP contribution in [0.5, 0.6) is 0 Å². The molecule has 0 atom stereocenters. The summed E-state index contributed by atoms with van der Waals surface area (Å²) in [4.78, 5) is 35.7. The number of aryl methyl sites for hydroxylation is 2. The van der Waals surface area contributed by atoms with E-state index in [1.807, 2.05) is 49.4 Å². The topological polar surface area (TPSA) is 74.2 Å². The number of fused-ring (bicyclic) bond motifs is 5. The second-order valence-corrected chi connectivity index (χ2v) is 6.73. The quantitative estimate of drug-likeness (QED) is 0.545. The Kier molecular flexibility index (Phi) is 4.30. The van der Waals surface area contributed by atoms with Crippen LogP contribution in [-0.2, 0) is 19.5 Å². The molecule has 0 bridgehead atoms. The normalized spacial score (nSPS) is 11.8. The van der Waals surface area contributed by atoms with Gasteiger partial charge in [0.1, 0.15) is 5.82 Å². The smallest absolute Gasteiger partial charge is 0.276 e. The van der Waals surface area contributed by atoms with Crippen molar-refractivity contribution >= 4 is 27.7 Å². The van der Waals surface area contributed by atoms with Crippen molar-refractivity contribution in [3.63, 3.8) is 0 Å². The number of rotatable bonds is 5. The molecule has 3 aromatic heterocycles. The Labute approximate surface area is 155 Å². The second-order valence-electron chi connectivity index (χ2n) is 6.73. The molecule has 7 heteroatoms. The summed E-state index contributed by atoms with van der Waals surface area (Å²) in [5.41, 5.74) is 1.85. The first-order valence-corrected chi connectivity index (χ1v) is 9.55. The van der Waals surface area contributed by atoms with E-state index in [0.29, 0.717) is 42.7 Å². The molecule has 0 aliphatic carbocycles. The molecular formula is C20H23N5O2. The van der Waals surface area contributed by atoms with Crippen molar-refractivity contribution in [2.45, 2.75) is 53.1 Å². The molecule has 0 aliphatic heterocycles. The molecule has 0 N–H and O–H groups in total. The molecule has 0 fully saturated rings. The SMILES string of the molecule is CCCn1c(=O)c2c(nc3c4ccccc4nc(CC)n32)n(CCC)c1=O. The predicted octanol–water partition coefficient (Wildman–Crippen LogP) is 2.74. The van der Waals surface area contributed by atoms with Gasteiger partial charge in [-0.1, -0.05) is 32.9 Å². The van der Waals surface area contributed by atoms with Crippen LogP contribution in [0.4, 0.5) is 0 Å². The number of imidazole rings is 1. The van der Waals surface area contributed by atoms with E-state index in [1.54, 1.807) is 4.57 Å². The third kappa shape index (κ3) is 2.49. The van der Waals surface area contributed by atoms with Gasteiger partial charge in [0.25, 0.3) is 5.56 Å². The highest BCUT2D eigenvalue weighted by Gasteiger charge is 2.21. The minimum absolute atomic E-state index is 0.282. The lowest BCUT2D eigenvalue weighted by Crippen LogP contribution is -2.40. The van der Waals surface area contributed by atoms with Gasteiger partial charge in [-0.05, 0) is 25.0 Å². The van der Waals surface area contributed by atoms with Crippen molar-refractivity contribution in [1.29, 1.82) is 0 Å². The number of hydrogen-bond acceptors (Lipinski definition) is 4. The zero-order chi connectivity index (χ0) is 19.1. The Bertz CT molecular complexity index is 1280. The molecule has 0 saturated heterocycles. The molecule has 140 valence electrons. The van der Waals surface area contributed by atoms with E-state index in [9.17, 15) is 9.59 Å². The maximum absolute atomic E-state index is 13.2. The van der Waals surface area contributed by atoms with Gasteiger partial charge in [0.2, 0.25) is 0 Å². The van der Waals surface area contributed by atoms with Crippen molar-refractivity contribution in [1.82, 2.24) is 23.5 Å². The molecule has 0 amide bonds. The van der Waals surface area contributed by atoms with Crippen LogP contribution < -0.4 is 11.2 Å². The van der Waals surface area contributed by atoms with Crippen LogP contribution in [0.15, 0.2) is 33.9 Å². The van der Waals surface area contributed by atoms with Crippen LogP contribution in [0.25, 0.3) is 27.7 Å². The van der Waals surface area contributed by atoms with E-state index in [0.717, 1.165) is 23.1 Å². The summed E-state index contributed by atoms with van der Waals surface area (Å²) in [6.45, 7) is 6.90. The van der Waals surface area contributed by atoms with Gasteiger partial charge in [-0.2, -0.15) is 0 Å². The number of benzene rings is 1. The Morgan fingerprint density at radius 3 is 2.30 bits per heavy atom. The molecule has 3 heterocycles. The van der Waals surface area contributed by atoms with E-state index < -0.39 is 0 Å². The second kappa shape index (κ2) is 6.64. The molecule has 7 nitrogen and oxygen atoms in total. The van der Waals surface area contributed by atoms with Crippen LogP contribution in [0.3, 0.4) is 0 Å². The minimum Gasteiger partial charge on any atom is -0.276 e. The van der Waals surface area contributed by atoms with E-state index in [4.69, 9.17) is 9.97 Å². The summed E-state index contributed by atoms with van der Waals surface area (Å²) in [6.07, 6.45) is 2.16. The monoisotopic (exact) mass is 365 g/mol. The zero-order valence-electron chi connectivity index (χ0n) is 15.9. The highest BCUT2D eigenvalue weighted by molar-refractivity contribution is 5.95. The van der Waals surface area contributed by atoms with Crippen molar-refractivity contribution in [2.75, 3.05) is 0 Å². The lowest BCUT2D eigenvalue weighted by atomic mass is 10.2. The lowest BCUT2D eigenvalue weighted by Gasteiger charge is -2.10. The fourth-order valence-electron chi connectivity index (χ4n) is 3.70. The maximum Gasteiger partial charge on any atom is 0.332 e. The van der Waals surface area contributed by atoms with Crippen LogP contribution in [0, 0.1) is 0 Å². The summed E-state index contributed by atoms with van der Waals surface area (Å²) >= 11 is 0. The fraction of sp³-hybridized carbons (Fsp3) is 0.400. The highest BCUT2D eigenvalue weighted by atomic mass is 16.2. The first kappa shape index (κ1) is 17.5.